The first-order valence-electron chi connectivity index (χ1n) is 16.7. The summed E-state index contributed by atoms with van der Waals surface area (Å²) >= 11 is 0. The number of hydrogen-bond acceptors (Lipinski definition) is 7. The van der Waals surface area contributed by atoms with E-state index in [1.165, 1.54) is 25.7 Å². The maximum atomic E-state index is 12.5. The number of carbonyl (C=O) groups excluding carboxylic acids is 3. The highest BCUT2D eigenvalue weighted by Crippen LogP contribution is 2.11. The van der Waals surface area contributed by atoms with Gasteiger partial charge in [0.1, 0.15) is 12.6 Å². The summed E-state index contributed by atoms with van der Waals surface area (Å²) in [6.45, 7) is 4.38. The van der Waals surface area contributed by atoms with Crippen molar-refractivity contribution < 1.29 is 38.2 Å². The van der Waals surface area contributed by atoms with Crippen molar-refractivity contribution in [2.24, 2.45) is 0 Å². The highest BCUT2D eigenvalue weighted by molar-refractivity contribution is 5.70. The molecule has 0 bridgehead atoms. The van der Waals surface area contributed by atoms with Gasteiger partial charge in [-0.05, 0) is 38.5 Å². The van der Waals surface area contributed by atoms with Crippen LogP contribution in [0, 0.1) is 0 Å². The maximum Gasteiger partial charge on any atom is 0.306 e. The van der Waals surface area contributed by atoms with E-state index in [1.54, 1.807) is 21.1 Å². The number of carboxylic acids is 1. The molecule has 0 rings (SSSR count). The van der Waals surface area contributed by atoms with Gasteiger partial charge >= 0.3 is 11.9 Å². The van der Waals surface area contributed by atoms with Crippen molar-refractivity contribution in [2.45, 2.75) is 122 Å². The van der Waals surface area contributed by atoms with Crippen LogP contribution in [-0.4, -0.2) is 75.5 Å². The van der Waals surface area contributed by atoms with Gasteiger partial charge in [0.2, 0.25) is 0 Å². The van der Waals surface area contributed by atoms with E-state index in [0.717, 1.165) is 44.9 Å². The molecule has 0 heterocycles. The zero-order chi connectivity index (χ0) is 32.9. The standard InChI is InChI=1S/C36H61NO7/c1-6-8-10-12-14-15-16-17-18-19-21-23-25-27-35(39)44-32(30-42-29-28-33(36(40)41)37(3,4)5)31-43-34(38)26-24-22-20-13-11-9-7-2/h8,10,14-15,17-18,21,23,32-33H,6-7,9,11-13,16,19-20,22,24-31H2,1-5H3/b10-8-,15-14-,18-17-,23-21-. The Labute approximate surface area is 267 Å². The van der Waals surface area contributed by atoms with Crippen LogP contribution < -0.4 is 5.11 Å². The summed E-state index contributed by atoms with van der Waals surface area (Å²) in [6, 6.07) is -0.734. The number of carboxylic acid groups (broad SMARTS) is 1. The Hall–Kier alpha value is -2.71. The number of quaternary nitrogens is 1. The number of ether oxygens (including phenoxy) is 3. The Balaban J connectivity index is 4.62. The average Bonchev–Trinajstić information content (AvgIpc) is 2.96. The molecule has 8 heteroatoms. The Morgan fingerprint density at radius 2 is 1.27 bits per heavy atom. The minimum absolute atomic E-state index is 0.0112. The lowest BCUT2D eigenvalue weighted by molar-refractivity contribution is -0.889. The summed E-state index contributed by atoms with van der Waals surface area (Å²) in [5, 5.41) is 11.5. The first-order valence-corrected chi connectivity index (χ1v) is 16.7. The molecule has 0 amide bonds. The van der Waals surface area contributed by atoms with E-state index in [1.807, 2.05) is 12.2 Å². The molecule has 0 aromatic rings. The highest BCUT2D eigenvalue weighted by Gasteiger charge is 2.25. The van der Waals surface area contributed by atoms with E-state index in [2.05, 4.69) is 50.3 Å². The highest BCUT2D eigenvalue weighted by atomic mass is 16.6. The third kappa shape index (κ3) is 25.8. The lowest BCUT2D eigenvalue weighted by Gasteiger charge is -2.34. The molecular formula is C36H61NO7. The molecule has 0 aromatic heterocycles. The SMILES string of the molecule is CC/C=C\C/C=C\C/C=C\C/C=C\CCC(=O)OC(COCCC(C(=O)[O-])[N+](C)(C)C)COC(=O)CCCCCCCCC. The largest absolute Gasteiger partial charge is 0.544 e. The van der Waals surface area contributed by atoms with Gasteiger partial charge in [-0.15, -0.1) is 0 Å². The summed E-state index contributed by atoms with van der Waals surface area (Å²) in [5.74, 6) is -1.86. The minimum atomic E-state index is -1.14. The van der Waals surface area contributed by atoms with Crippen LogP contribution in [0.2, 0.25) is 0 Å². The van der Waals surface area contributed by atoms with E-state index < -0.39 is 24.1 Å². The Morgan fingerprint density at radius 3 is 1.84 bits per heavy atom. The lowest BCUT2D eigenvalue weighted by Crippen LogP contribution is -2.55. The van der Waals surface area contributed by atoms with Crippen LogP contribution in [-0.2, 0) is 28.6 Å². The van der Waals surface area contributed by atoms with Gasteiger partial charge in [0.25, 0.3) is 0 Å². The van der Waals surface area contributed by atoms with E-state index in [-0.39, 0.29) is 43.1 Å². The molecule has 2 unspecified atom stereocenters. The molecule has 0 aliphatic carbocycles. The molecule has 252 valence electrons. The van der Waals surface area contributed by atoms with Crippen LogP contribution >= 0.6 is 0 Å². The molecule has 0 aromatic carbocycles. The number of unbranched alkanes of at least 4 members (excludes halogenated alkanes) is 6. The minimum Gasteiger partial charge on any atom is -0.544 e. The van der Waals surface area contributed by atoms with Crippen LogP contribution in [0.4, 0.5) is 0 Å². The Morgan fingerprint density at radius 1 is 0.705 bits per heavy atom. The summed E-state index contributed by atoms with van der Waals surface area (Å²) in [5.41, 5.74) is 0. The summed E-state index contributed by atoms with van der Waals surface area (Å²) < 4.78 is 16.9. The molecule has 0 aliphatic heterocycles. The monoisotopic (exact) mass is 619 g/mol. The van der Waals surface area contributed by atoms with Crippen LogP contribution in [0.1, 0.15) is 110 Å². The van der Waals surface area contributed by atoms with Crippen LogP contribution in [0.15, 0.2) is 48.6 Å². The molecule has 0 spiro atoms. The van der Waals surface area contributed by atoms with Crippen molar-refractivity contribution in [3.8, 4) is 0 Å². The summed E-state index contributed by atoms with van der Waals surface area (Å²) in [7, 11) is 5.35. The van der Waals surface area contributed by atoms with Crippen molar-refractivity contribution in [3.05, 3.63) is 48.6 Å². The molecule has 0 fully saturated rings. The quantitative estimate of drug-likeness (QED) is 0.0432. The molecule has 8 nitrogen and oxygen atoms in total. The van der Waals surface area contributed by atoms with Gasteiger partial charge in [0, 0.05) is 19.3 Å². The fourth-order valence-electron chi connectivity index (χ4n) is 4.38. The third-order valence-corrected chi connectivity index (χ3v) is 6.99. The lowest BCUT2D eigenvalue weighted by atomic mass is 10.1. The molecule has 44 heavy (non-hydrogen) atoms. The second-order valence-electron chi connectivity index (χ2n) is 12.0. The van der Waals surface area contributed by atoms with Crippen LogP contribution in [0.25, 0.3) is 0 Å². The second-order valence-corrected chi connectivity index (χ2v) is 12.0. The molecule has 0 N–H and O–H groups in total. The first kappa shape index (κ1) is 41.3. The first-order chi connectivity index (χ1) is 21.1. The van der Waals surface area contributed by atoms with Gasteiger partial charge in [-0.3, -0.25) is 9.59 Å². The normalized spacial score (nSPS) is 13.8. The summed E-state index contributed by atoms with van der Waals surface area (Å²) in [6.07, 6.45) is 28.8. The third-order valence-electron chi connectivity index (χ3n) is 6.99. The number of esters is 2. The van der Waals surface area contributed by atoms with E-state index >= 15 is 0 Å². The number of aliphatic carboxylic acids is 1. The molecule has 0 radical (unpaired) electrons. The fourth-order valence-corrected chi connectivity index (χ4v) is 4.38. The van der Waals surface area contributed by atoms with Gasteiger partial charge in [0.05, 0.1) is 40.3 Å². The number of carbonyl (C=O) groups is 3. The zero-order valence-electron chi connectivity index (χ0n) is 28.3. The van der Waals surface area contributed by atoms with Crippen LogP contribution in [0.5, 0.6) is 0 Å². The van der Waals surface area contributed by atoms with Crippen molar-refractivity contribution >= 4 is 17.9 Å². The average molecular weight is 620 g/mol. The number of allylic oxidation sites excluding steroid dienone is 8. The van der Waals surface area contributed by atoms with Crippen molar-refractivity contribution in [2.75, 3.05) is 41.0 Å². The fraction of sp³-hybridized carbons (Fsp3) is 0.694. The van der Waals surface area contributed by atoms with Gasteiger partial charge in [-0.25, -0.2) is 0 Å². The topological polar surface area (TPSA) is 102 Å². The molecule has 0 saturated carbocycles. The van der Waals surface area contributed by atoms with Crippen molar-refractivity contribution in [1.29, 1.82) is 0 Å². The number of rotatable bonds is 28. The molecule has 2 atom stereocenters. The van der Waals surface area contributed by atoms with Gasteiger partial charge in [-0.2, -0.15) is 0 Å². The zero-order valence-corrected chi connectivity index (χ0v) is 28.3. The van der Waals surface area contributed by atoms with Gasteiger partial charge in [-0.1, -0.05) is 101 Å². The van der Waals surface area contributed by atoms with E-state index in [0.29, 0.717) is 12.8 Å². The van der Waals surface area contributed by atoms with Crippen molar-refractivity contribution in [3.63, 3.8) is 0 Å². The van der Waals surface area contributed by atoms with Gasteiger partial charge < -0.3 is 28.6 Å². The Kier molecular flexibility index (Phi) is 26.1. The molecule has 0 saturated heterocycles. The Bertz CT molecular complexity index is 870. The van der Waals surface area contributed by atoms with E-state index in [4.69, 9.17) is 14.2 Å². The second kappa shape index (κ2) is 27.8. The molecule has 0 aliphatic rings. The number of likely N-dealkylation sites (N-methyl/N-ethyl adjacent to an activating group) is 1. The van der Waals surface area contributed by atoms with Crippen LogP contribution in [0.3, 0.4) is 0 Å². The maximum absolute atomic E-state index is 12.5. The van der Waals surface area contributed by atoms with Crippen molar-refractivity contribution in [1.82, 2.24) is 0 Å². The predicted octanol–water partition coefficient (Wildman–Crippen LogP) is 6.40. The number of nitrogens with zero attached hydrogens (tertiary/aromatic N) is 1. The predicted molar refractivity (Wildman–Crippen MR) is 176 cm³/mol. The number of hydrogen-bond donors (Lipinski definition) is 0. The van der Waals surface area contributed by atoms with Gasteiger partial charge in [0.15, 0.2) is 6.10 Å². The summed E-state index contributed by atoms with van der Waals surface area (Å²) in [4.78, 5) is 36.3. The smallest absolute Gasteiger partial charge is 0.306 e. The van der Waals surface area contributed by atoms with E-state index in [9.17, 15) is 19.5 Å². The molecular weight excluding hydrogens is 558 g/mol.